The van der Waals surface area contributed by atoms with Crippen LogP contribution in [0.25, 0.3) is 0 Å². The van der Waals surface area contributed by atoms with Crippen LogP contribution in [0.5, 0.6) is 40.2 Å². The van der Waals surface area contributed by atoms with Crippen LogP contribution in [0.3, 0.4) is 0 Å². The fourth-order valence-electron chi connectivity index (χ4n) is 1.84. The molecule has 2 rings (SSSR count). The number of hydrogen-bond donors (Lipinski definition) is 6. The van der Waals surface area contributed by atoms with Crippen LogP contribution < -0.4 is 4.74 Å². The number of hydrogen-bond acceptors (Lipinski definition) is 8. The highest BCUT2D eigenvalue weighted by atomic mass is 16.5. The second-order valence-corrected chi connectivity index (χ2v) is 4.36. The highest BCUT2D eigenvalue weighted by Crippen LogP contribution is 2.45. The lowest BCUT2D eigenvalue weighted by atomic mass is 10.0. The SMILES string of the molecule is COc1cc(C(=O)c2cc(O)c(O)c(O)c2)c(O)c(O)c1O. The molecule has 0 bridgehead atoms. The number of benzene rings is 2. The second kappa shape index (κ2) is 5.24. The van der Waals surface area contributed by atoms with Crippen molar-refractivity contribution < 1.29 is 40.2 Å². The first-order valence-electron chi connectivity index (χ1n) is 5.89. The summed E-state index contributed by atoms with van der Waals surface area (Å²) in [5.74, 6) is -6.01. The van der Waals surface area contributed by atoms with Gasteiger partial charge in [-0.15, -0.1) is 0 Å². The molecule has 8 nitrogen and oxygen atoms in total. The van der Waals surface area contributed by atoms with Gasteiger partial charge in [0.05, 0.1) is 12.7 Å². The first kappa shape index (κ1) is 15.1. The Morgan fingerprint density at radius 1 is 0.818 bits per heavy atom. The molecule has 0 heterocycles. The molecular weight excluding hydrogens is 296 g/mol. The predicted octanol–water partition coefficient (Wildman–Crippen LogP) is 1.16. The van der Waals surface area contributed by atoms with Crippen molar-refractivity contribution in [3.05, 3.63) is 29.3 Å². The Hall–Kier alpha value is -3.29. The highest BCUT2D eigenvalue weighted by molar-refractivity contribution is 6.12. The number of carbonyl (C=O) groups is 1. The molecule has 0 atom stereocenters. The molecule has 6 N–H and O–H groups in total. The first-order chi connectivity index (χ1) is 10.3. The lowest BCUT2D eigenvalue weighted by Gasteiger charge is -2.11. The van der Waals surface area contributed by atoms with Crippen LogP contribution in [0.15, 0.2) is 18.2 Å². The van der Waals surface area contributed by atoms with Gasteiger partial charge in [-0.3, -0.25) is 4.79 Å². The van der Waals surface area contributed by atoms with Gasteiger partial charge in [0.1, 0.15) is 0 Å². The molecule has 8 heteroatoms. The van der Waals surface area contributed by atoms with E-state index in [1.54, 1.807) is 0 Å². The van der Waals surface area contributed by atoms with E-state index in [1.165, 1.54) is 7.11 Å². The van der Waals surface area contributed by atoms with Crippen molar-refractivity contribution in [1.82, 2.24) is 0 Å². The molecule has 0 aliphatic heterocycles. The summed E-state index contributed by atoms with van der Waals surface area (Å²) < 4.78 is 4.76. The van der Waals surface area contributed by atoms with E-state index in [2.05, 4.69) is 0 Å². The molecule has 0 spiro atoms. The molecule has 0 saturated heterocycles. The van der Waals surface area contributed by atoms with E-state index < -0.39 is 45.8 Å². The van der Waals surface area contributed by atoms with Crippen molar-refractivity contribution in [3.63, 3.8) is 0 Å². The Kier molecular flexibility index (Phi) is 3.60. The molecule has 22 heavy (non-hydrogen) atoms. The Morgan fingerprint density at radius 3 is 1.86 bits per heavy atom. The summed E-state index contributed by atoms with van der Waals surface area (Å²) in [5, 5.41) is 56.9. The quantitative estimate of drug-likeness (QED) is 0.365. The number of phenols is 6. The summed E-state index contributed by atoms with van der Waals surface area (Å²) in [4.78, 5) is 12.3. The largest absolute Gasteiger partial charge is 0.504 e. The minimum atomic E-state index is -0.949. The van der Waals surface area contributed by atoms with Crippen molar-refractivity contribution in [2.24, 2.45) is 0 Å². The smallest absolute Gasteiger partial charge is 0.205 e. The number of ketones is 1. The molecule has 0 aromatic heterocycles. The van der Waals surface area contributed by atoms with Gasteiger partial charge in [0.25, 0.3) is 0 Å². The fourth-order valence-corrected chi connectivity index (χ4v) is 1.84. The monoisotopic (exact) mass is 308 g/mol. The Labute approximate surface area is 123 Å². The van der Waals surface area contributed by atoms with Gasteiger partial charge in [0.2, 0.25) is 11.5 Å². The number of methoxy groups -OCH3 is 1. The van der Waals surface area contributed by atoms with Crippen LogP contribution in [0, 0.1) is 0 Å². The molecular formula is C14H12O8. The average molecular weight is 308 g/mol. The molecule has 0 fully saturated rings. The Morgan fingerprint density at radius 2 is 1.36 bits per heavy atom. The average Bonchev–Trinajstić information content (AvgIpc) is 2.49. The summed E-state index contributed by atoms with van der Waals surface area (Å²) in [6.45, 7) is 0. The minimum Gasteiger partial charge on any atom is -0.504 e. The van der Waals surface area contributed by atoms with Gasteiger partial charge in [0, 0.05) is 5.56 Å². The van der Waals surface area contributed by atoms with Gasteiger partial charge in [-0.2, -0.15) is 0 Å². The predicted molar refractivity (Wildman–Crippen MR) is 72.9 cm³/mol. The van der Waals surface area contributed by atoms with Crippen molar-refractivity contribution in [3.8, 4) is 40.2 Å². The highest BCUT2D eigenvalue weighted by Gasteiger charge is 2.24. The zero-order chi connectivity index (χ0) is 16.6. The summed E-state index contributed by atoms with van der Waals surface area (Å²) in [7, 11) is 1.18. The van der Waals surface area contributed by atoms with Crippen LogP contribution in [-0.4, -0.2) is 43.5 Å². The maximum absolute atomic E-state index is 12.3. The fraction of sp³-hybridized carbons (Fsp3) is 0.0714. The third kappa shape index (κ3) is 2.26. The van der Waals surface area contributed by atoms with E-state index in [1.807, 2.05) is 0 Å². The van der Waals surface area contributed by atoms with Crippen molar-refractivity contribution in [2.45, 2.75) is 0 Å². The first-order valence-corrected chi connectivity index (χ1v) is 5.89. The van der Waals surface area contributed by atoms with Crippen molar-refractivity contribution in [2.75, 3.05) is 7.11 Å². The third-order valence-corrected chi connectivity index (χ3v) is 3.01. The summed E-state index contributed by atoms with van der Waals surface area (Å²) >= 11 is 0. The number of phenolic OH excluding ortho intramolecular Hbond substituents is 6. The van der Waals surface area contributed by atoms with Crippen molar-refractivity contribution in [1.29, 1.82) is 0 Å². The van der Waals surface area contributed by atoms with Gasteiger partial charge in [-0.25, -0.2) is 0 Å². The zero-order valence-corrected chi connectivity index (χ0v) is 11.2. The summed E-state index contributed by atoms with van der Waals surface area (Å²) in [6.07, 6.45) is 0. The molecule has 0 unspecified atom stereocenters. The molecule has 2 aromatic carbocycles. The molecule has 2 aromatic rings. The topological polar surface area (TPSA) is 148 Å². The van der Waals surface area contributed by atoms with E-state index in [9.17, 15) is 35.4 Å². The summed E-state index contributed by atoms with van der Waals surface area (Å²) in [5.41, 5.74) is -0.702. The molecule has 0 amide bonds. The van der Waals surface area contributed by atoms with Gasteiger partial charge in [-0.1, -0.05) is 0 Å². The normalized spacial score (nSPS) is 10.4. The Balaban J connectivity index is 2.62. The van der Waals surface area contributed by atoms with E-state index in [-0.39, 0.29) is 11.3 Å². The van der Waals surface area contributed by atoms with Gasteiger partial charge >= 0.3 is 0 Å². The van der Waals surface area contributed by atoms with Crippen LogP contribution in [0.1, 0.15) is 15.9 Å². The molecule has 0 aliphatic rings. The molecule has 0 radical (unpaired) electrons. The van der Waals surface area contributed by atoms with Crippen molar-refractivity contribution >= 4 is 5.78 Å². The molecule has 0 saturated carbocycles. The van der Waals surface area contributed by atoms with E-state index >= 15 is 0 Å². The minimum absolute atomic E-state index is 0.258. The maximum Gasteiger partial charge on any atom is 0.205 e. The lowest BCUT2D eigenvalue weighted by Crippen LogP contribution is -2.03. The van der Waals surface area contributed by atoms with Crippen LogP contribution in [0.4, 0.5) is 0 Å². The number of ether oxygens (including phenoxy) is 1. The van der Waals surface area contributed by atoms with E-state index in [0.29, 0.717) is 0 Å². The van der Waals surface area contributed by atoms with Gasteiger partial charge < -0.3 is 35.4 Å². The van der Waals surface area contributed by atoms with Gasteiger partial charge in [0.15, 0.2) is 34.5 Å². The third-order valence-electron chi connectivity index (χ3n) is 3.01. The maximum atomic E-state index is 12.3. The standard InChI is InChI=1S/C14H12O8/c1-22-9-4-6(11(18)14(21)13(9)20)10(17)5-2-7(15)12(19)8(16)3-5/h2-4,15-16,18-21H,1H3. The number of rotatable bonds is 3. The summed E-state index contributed by atoms with van der Waals surface area (Å²) in [6, 6.07) is 2.72. The molecule has 116 valence electrons. The lowest BCUT2D eigenvalue weighted by molar-refractivity contribution is 0.103. The number of aromatic hydroxyl groups is 6. The Bertz CT molecular complexity index is 743. The number of carbonyl (C=O) groups excluding carboxylic acids is 1. The second-order valence-electron chi connectivity index (χ2n) is 4.36. The van der Waals surface area contributed by atoms with Crippen LogP contribution >= 0.6 is 0 Å². The molecule has 0 aliphatic carbocycles. The van der Waals surface area contributed by atoms with Gasteiger partial charge in [-0.05, 0) is 18.2 Å². The van der Waals surface area contributed by atoms with Crippen LogP contribution in [-0.2, 0) is 0 Å². The van der Waals surface area contributed by atoms with E-state index in [0.717, 1.165) is 18.2 Å². The van der Waals surface area contributed by atoms with E-state index in [4.69, 9.17) is 4.74 Å². The zero-order valence-electron chi connectivity index (χ0n) is 11.2. The van der Waals surface area contributed by atoms with Crippen LogP contribution in [0.2, 0.25) is 0 Å².